The Morgan fingerprint density at radius 2 is 1.80 bits per heavy atom. The standard InChI is InChI=1S/C17H25N5O2S/c23-14(19-16(24)18-12-4-2-1-3-5-12)10-25-17-21-20-15(11-6-7-11)22(17)13-8-9-13/h11-13H,1-10H2,(H2,18,19,23,24). The Balaban J connectivity index is 1.26. The summed E-state index contributed by atoms with van der Waals surface area (Å²) in [5.74, 6) is 1.54. The molecule has 0 aromatic carbocycles. The van der Waals surface area contributed by atoms with E-state index in [-0.39, 0.29) is 23.7 Å². The third-order valence-electron chi connectivity index (χ3n) is 5.07. The van der Waals surface area contributed by atoms with Gasteiger partial charge in [-0.1, -0.05) is 31.0 Å². The summed E-state index contributed by atoms with van der Waals surface area (Å²) in [4.78, 5) is 24.0. The minimum absolute atomic E-state index is 0.188. The van der Waals surface area contributed by atoms with Crippen molar-refractivity contribution < 1.29 is 9.59 Å². The summed E-state index contributed by atoms with van der Waals surface area (Å²) in [7, 11) is 0. The predicted molar refractivity (Wildman–Crippen MR) is 94.5 cm³/mol. The molecule has 1 aromatic heterocycles. The first-order valence-electron chi connectivity index (χ1n) is 9.38. The topological polar surface area (TPSA) is 88.9 Å². The molecule has 0 bridgehead atoms. The van der Waals surface area contributed by atoms with Crippen LogP contribution in [0.15, 0.2) is 5.16 Å². The number of thioether (sulfide) groups is 1. The Hall–Kier alpha value is -1.57. The van der Waals surface area contributed by atoms with Crippen LogP contribution in [0, 0.1) is 0 Å². The van der Waals surface area contributed by atoms with Gasteiger partial charge in [0.2, 0.25) is 5.91 Å². The average Bonchev–Trinajstić information content (AvgIpc) is 3.52. The second-order valence-corrected chi connectivity index (χ2v) is 8.30. The maximum absolute atomic E-state index is 12.1. The lowest BCUT2D eigenvalue weighted by molar-refractivity contribution is -0.117. The molecule has 1 heterocycles. The molecule has 3 aliphatic rings. The molecule has 3 fully saturated rings. The number of aromatic nitrogens is 3. The first-order valence-corrected chi connectivity index (χ1v) is 10.4. The highest BCUT2D eigenvalue weighted by atomic mass is 32.2. The molecule has 0 saturated heterocycles. The quantitative estimate of drug-likeness (QED) is 0.759. The van der Waals surface area contributed by atoms with Crippen molar-refractivity contribution in [2.45, 2.75) is 80.9 Å². The fourth-order valence-electron chi connectivity index (χ4n) is 3.44. The van der Waals surface area contributed by atoms with Gasteiger partial charge in [0.05, 0.1) is 5.75 Å². The van der Waals surface area contributed by atoms with Crippen LogP contribution in [-0.2, 0) is 4.79 Å². The van der Waals surface area contributed by atoms with E-state index in [4.69, 9.17) is 0 Å². The summed E-state index contributed by atoms with van der Waals surface area (Å²) >= 11 is 1.37. The van der Waals surface area contributed by atoms with Gasteiger partial charge in [0, 0.05) is 18.0 Å². The monoisotopic (exact) mass is 363 g/mol. The van der Waals surface area contributed by atoms with E-state index in [0.29, 0.717) is 12.0 Å². The molecule has 4 rings (SSSR count). The smallest absolute Gasteiger partial charge is 0.321 e. The van der Waals surface area contributed by atoms with Crippen molar-refractivity contribution in [2.24, 2.45) is 0 Å². The van der Waals surface area contributed by atoms with Gasteiger partial charge in [-0.2, -0.15) is 0 Å². The summed E-state index contributed by atoms with van der Waals surface area (Å²) < 4.78 is 2.22. The molecule has 0 spiro atoms. The van der Waals surface area contributed by atoms with E-state index in [1.807, 2.05) is 0 Å². The zero-order chi connectivity index (χ0) is 17.2. The third kappa shape index (κ3) is 4.34. The lowest BCUT2D eigenvalue weighted by Gasteiger charge is -2.22. The number of carbonyl (C=O) groups excluding carboxylic acids is 2. The zero-order valence-electron chi connectivity index (χ0n) is 14.4. The van der Waals surface area contributed by atoms with Crippen LogP contribution >= 0.6 is 11.8 Å². The van der Waals surface area contributed by atoms with Gasteiger partial charge in [0.1, 0.15) is 5.82 Å². The molecule has 7 nitrogen and oxygen atoms in total. The molecular weight excluding hydrogens is 338 g/mol. The van der Waals surface area contributed by atoms with E-state index >= 15 is 0 Å². The highest BCUT2D eigenvalue weighted by Crippen LogP contribution is 2.45. The van der Waals surface area contributed by atoms with Crippen molar-refractivity contribution in [1.29, 1.82) is 0 Å². The number of nitrogens with one attached hydrogen (secondary N) is 2. The molecule has 3 aliphatic carbocycles. The normalized spacial score (nSPS) is 21.1. The minimum atomic E-state index is -0.375. The van der Waals surface area contributed by atoms with Gasteiger partial charge < -0.3 is 9.88 Å². The van der Waals surface area contributed by atoms with Crippen molar-refractivity contribution in [1.82, 2.24) is 25.4 Å². The van der Waals surface area contributed by atoms with E-state index < -0.39 is 0 Å². The van der Waals surface area contributed by atoms with Gasteiger partial charge >= 0.3 is 6.03 Å². The summed E-state index contributed by atoms with van der Waals surface area (Å²) in [6, 6.07) is 0.332. The summed E-state index contributed by atoms with van der Waals surface area (Å²) in [6.07, 6.45) is 10.3. The van der Waals surface area contributed by atoms with Crippen LogP contribution in [0.2, 0.25) is 0 Å². The van der Waals surface area contributed by atoms with Gasteiger partial charge in [-0.25, -0.2) is 4.79 Å². The largest absolute Gasteiger partial charge is 0.335 e. The molecule has 1 aromatic rings. The van der Waals surface area contributed by atoms with Crippen LogP contribution in [0.1, 0.15) is 75.6 Å². The fourth-order valence-corrected chi connectivity index (χ4v) is 4.26. The third-order valence-corrected chi connectivity index (χ3v) is 6.01. The highest BCUT2D eigenvalue weighted by Gasteiger charge is 2.36. The number of amides is 3. The Labute approximate surface area is 151 Å². The van der Waals surface area contributed by atoms with Gasteiger partial charge in [0.15, 0.2) is 5.16 Å². The minimum Gasteiger partial charge on any atom is -0.335 e. The Morgan fingerprint density at radius 3 is 2.48 bits per heavy atom. The molecule has 0 aliphatic heterocycles. The molecule has 2 N–H and O–H groups in total. The lowest BCUT2D eigenvalue weighted by atomic mass is 9.96. The van der Waals surface area contributed by atoms with Gasteiger partial charge in [-0.15, -0.1) is 10.2 Å². The maximum atomic E-state index is 12.1. The number of rotatable bonds is 6. The van der Waals surface area contributed by atoms with E-state index in [0.717, 1.165) is 36.7 Å². The molecule has 0 unspecified atom stereocenters. The maximum Gasteiger partial charge on any atom is 0.321 e. The number of urea groups is 1. The summed E-state index contributed by atoms with van der Waals surface area (Å²) in [5.41, 5.74) is 0. The Kier molecular flexibility index (Phi) is 4.96. The van der Waals surface area contributed by atoms with E-state index in [1.165, 1.54) is 43.9 Å². The summed E-state index contributed by atoms with van der Waals surface area (Å²) in [5, 5.41) is 14.8. The van der Waals surface area contributed by atoms with E-state index in [1.54, 1.807) is 0 Å². The van der Waals surface area contributed by atoms with Crippen LogP contribution in [0.5, 0.6) is 0 Å². The summed E-state index contributed by atoms with van der Waals surface area (Å²) in [6.45, 7) is 0. The first kappa shape index (κ1) is 16.9. The predicted octanol–water partition coefficient (Wildman–Crippen LogP) is 2.74. The van der Waals surface area contributed by atoms with Gasteiger partial charge in [-0.3, -0.25) is 10.1 Å². The number of nitrogens with zero attached hydrogens (tertiary/aromatic N) is 3. The number of hydrogen-bond acceptors (Lipinski definition) is 5. The molecular formula is C17H25N5O2S. The molecule has 25 heavy (non-hydrogen) atoms. The van der Waals surface area contributed by atoms with Crippen LogP contribution < -0.4 is 10.6 Å². The van der Waals surface area contributed by atoms with E-state index in [9.17, 15) is 9.59 Å². The highest BCUT2D eigenvalue weighted by molar-refractivity contribution is 7.99. The average molecular weight is 363 g/mol. The number of carbonyl (C=O) groups is 2. The molecule has 8 heteroatoms. The van der Waals surface area contributed by atoms with Crippen LogP contribution in [0.3, 0.4) is 0 Å². The molecule has 0 atom stereocenters. The van der Waals surface area contributed by atoms with Crippen molar-refractivity contribution in [3.8, 4) is 0 Å². The van der Waals surface area contributed by atoms with Crippen molar-refractivity contribution in [3.05, 3.63) is 5.82 Å². The SMILES string of the molecule is O=C(CSc1nnc(C2CC2)n1C1CC1)NC(=O)NC1CCCCC1. The first-order chi connectivity index (χ1) is 12.2. The lowest BCUT2D eigenvalue weighted by Crippen LogP contribution is -2.45. The Bertz CT molecular complexity index is 647. The van der Waals surface area contributed by atoms with Crippen molar-refractivity contribution in [3.63, 3.8) is 0 Å². The molecule has 3 saturated carbocycles. The van der Waals surface area contributed by atoms with Crippen LogP contribution in [0.25, 0.3) is 0 Å². The Morgan fingerprint density at radius 1 is 1.04 bits per heavy atom. The number of hydrogen-bond donors (Lipinski definition) is 2. The van der Waals surface area contributed by atoms with Crippen LogP contribution in [0.4, 0.5) is 4.79 Å². The van der Waals surface area contributed by atoms with Crippen LogP contribution in [-0.4, -0.2) is 38.5 Å². The molecule has 136 valence electrons. The zero-order valence-corrected chi connectivity index (χ0v) is 15.2. The molecule has 0 radical (unpaired) electrons. The fraction of sp³-hybridized carbons (Fsp3) is 0.765. The van der Waals surface area contributed by atoms with Crippen molar-refractivity contribution >= 4 is 23.7 Å². The van der Waals surface area contributed by atoms with Gasteiger partial charge in [0.25, 0.3) is 0 Å². The molecule has 3 amide bonds. The van der Waals surface area contributed by atoms with Crippen molar-refractivity contribution in [2.75, 3.05) is 5.75 Å². The van der Waals surface area contributed by atoms with Gasteiger partial charge in [-0.05, 0) is 38.5 Å². The number of imide groups is 1. The second kappa shape index (κ2) is 7.35. The second-order valence-electron chi connectivity index (χ2n) is 7.36. The van der Waals surface area contributed by atoms with E-state index in [2.05, 4.69) is 25.4 Å².